The van der Waals surface area contributed by atoms with Gasteiger partial charge < -0.3 is 19.6 Å². The van der Waals surface area contributed by atoms with Crippen molar-refractivity contribution in [3.63, 3.8) is 0 Å². The molecule has 0 aliphatic heterocycles. The van der Waals surface area contributed by atoms with Gasteiger partial charge in [0, 0.05) is 11.3 Å². The number of nitrogens with zero attached hydrogens (tertiary/aromatic N) is 2. The third-order valence-electron chi connectivity index (χ3n) is 3.53. The van der Waals surface area contributed by atoms with Crippen LogP contribution in [0.3, 0.4) is 0 Å². The first-order valence-electron chi connectivity index (χ1n) is 7.75. The van der Waals surface area contributed by atoms with E-state index in [1.165, 1.54) is 6.07 Å². The highest BCUT2D eigenvalue weighted by atomic mass is 32.2. The van der Waals surface area contributed by atoms with E-state index in [1.54, 1.807) is 32.2 Å². The maximum absolute atomic E-state index is 12.0. The van der Waals surface area contributed by atoms with Gasteiger partial charge in [0.05, 0.1) is 12.9 Å². The standard InChI is InChI=1S/C18H17N3O4S/c1-11-8-13(6-7-15(11)22)19-16(23)10-26-18-21-20-17(25-18)12-4-3-5-14(9-12)24-2/h3-9,22H,10H2,1-2H3,(H,19,23). The van der Waals surface area contributed by atoms with E-state index in [4.69, 9.17) is 9.15 Å². The summed E-state index contributed by atoms with van der Waals surface area (Å²) in [5, 5.41) is 20.5. The van der Waals surface area contributed by atoms with Crippen LogP contribution in [0, 0.1) is 6.92 Å². The van der Waals surface area contributed by atoms with Gasteiger partial charge in [-0.05, 0) is 48.9 Å². The van der Waals surface area contributed by atoms with E-state index < -0.39 is 0 Å². The summed E-state index contributed by atoms with van der Waals surface area (Å²) in [5.74, 6) is 1.16. The second-order valence-corrected chi connectivity index (χ2v) is 6.37. The number of anilines is 1. The number of aromatic nitrogens is 2. The summed E-state index contributed by atoms with van der Waals surface area (Å²) in [4.78, 5) is 12.0. The maximum atomic E-state index is 12.0. The fourth-order valence-corrected chi connectivity index (χ4v) is 2.76. The Labute approximate surface area is 154 Å². The van der Waals surface area contributed by atoms with Crippen molar-refractivity contribution in [1.82, 2.24) is 10.2 Å². The highest BCUT2D eigenvalue weighted by Gasteiger charge is 2.12. The van der Waals surface area contributed by atoms with Crippen LogP contribution in [0.25, 0.3) is 11.5 Å². The lowest BCUT2D eigenvalue weighted by Gasteiger charge is -2.06. The van der Waals surface area contributed by atoms with Gasteiger partial charge >= 0.3 is 0 Å². The molecule has 0 atom stereocenters. The van der Waals surface area contributed by atoms with Crippen LogP contribution in [-0.2, 0) is 4.79 Å². The van der Waals surface area contributed by atoms with Crippen LogP contribution in [0.5, 0.6) is 11.5 Å². The molecule has 0 bridgehead atoms. The zero-order valence-corrected chi connectivity index (χ0v) is 15.0. The number of ether oxygens (including phenoxy) is 1. The maximum Gasteiger partial charge on any atom is 0.277 e. The van der Waals surface area contributed by atoms with Gasteiger partial charge in [0.15, 0.2) is 0 Å². The number of aryl methyl sites for hydroxylation is 1. The third-order valence-corrected chi connectivity index (χ3v) is 4.35. The molecule has 2 N–H and O–H groups in total. The first kappa shape index (κ1) is 17.8. The van der Waals surface area contributed by atoms with E-state index in [9.17, 15) is 9.90 Å². The number of amides is 1. The molecule has 0 radical (unpaired) electrons. The number of hydrogen-bond donors (Lipinski definition) is 2. The molecule has 1 aromatic heterocycles. The molecule has 0 aliphatic carbocycles. The topological polar surface area (TPSA) is 97.5 Å². The Hall–Kier alpha value is -3.00. The van der Waals surface area contributed by atoms with Gasteiger partial charge in [-0.3, -0.25) is 4.79 Å². The molecule has 0 saturated carbocycles. The van der Waals surface area contributed by atoms with Gasteiger partial charge in [-0.2, -0.15) is 0 Å². The monoisotopic (exact) mass is 371 g/mol. The molecule has 8 heteroatoms. The Morgan fingerprint density at radius 1 is 1.27 bits per heavy atom. The Morgan fingerprint density at radius 2 is 2.12 bits per heavy atom. The fourth-order valence-electron chi connectivity index (χ4n) is 2.20. The summed E-state index contributed by atoms with van der Waals surface area (Å²) in [6.07, 6.45) is 0. The molecule has 0 unspecified atom stereocenters. The van der Waals surface area contributed by atoms with E-state index in [0.717, 1.165) is 17.3 Å². The Bertz CT molecular complexity index is 926. The van der Waals surface area contributed by atoms with E-state index in [-0.39, 0.29) is 17.4 Å². The number of methoxy groups -OCH3 is 1. The molecule has 0 fully saturated rings. The molecule has 1 heterocycles. The quantitative estimate of drug-likeness (QED) is 0.505. The van der Waals surface area contributed by atoms with E-state index in [0.29, 0.717) is 28.1 Å². The van der Waals surface area contributed by atoms with Crippen LogP contribution < -0.4 is 10.1 Å². The average molecular weight is 371 g/mol. The van der Waals surface area contributed by atoms with Gasteiger partial charge in [0.25, 0.3) is 5.22 Å². The highest BCUT2D eigenvalue weighted by molar-refractivity contribution is 7.99. The molecule has 7 nitrogen and oxygen atoms in total. The number of carbonyl (C=O) groups excluding carboxylic acids is 1. The average Bonchev–Trinajstić information content (AvgIpc) is 3.12. The summed E-state index contributed by atoms with van der Waals surface area (Å²) in [6, 6.07) is 12.2. The van der Waals surface area contributed by atoms with Crippen LogP contribution >= 0.6 is 11.8 Å². The lowest BCUT2D eigenvalue weighted by atomic mass is 10.2. The van der Waals surface area contributed by atoms with Gasteiger partial charge in [0.2, 0.25) is 11.8 Å². The number of phenols is 1. The first-order chi connectivity index (χ1) is 12.5. The number of benzene rings is 2. The normalized spacial score (nSPS) is 10.5. The molecule has 1 amide bonds. The molecular formula is C18H17N3O4S. The molecule has 0 saturated heterocycles. The fraction of sp³-hybridized carbons (Fsp3) is 0.167. The predicted octanol–water partition coefficient (Wildman–Crippen LogP) is 3.49. The van der Waals surface area contributed by atoms with Gasteiger partial charge in [-0.15, -0.1) is 10.2 Å². The van der Waals surface area contributed by atoms with E-state index in [1.807, 2.05) is 18.2 Å². The number of hydrogen-bond acceptors (Lipinski definition) is 7. The summed E-state index contributed by atoms with van der Waals surface area (Å²) >= 11 is 1.15. The lowest BCUT2D eigenvalue weighted by molar-refractivity contribution is -0.113. The third kappa shape index (κ3) is 4.34. The van der Waals surface area contributed by atoms with Crippen molar-refractivity contribution >= 4 is 23.4 Å². The predicted molar refractivity (Wildman–Crippen MR) is 98.5 cm³/mol. The smallest absolute Gasteiger partial charge is 0.277 e. The number of carbonyl (C=O) groups is 1. The molecule has 3 rings (SSSR count). The zero-order valence-electron chi connectivity index (χ0n) is 14.2. The number of thioether (sulfide) groups is 1. The van der Waals surface area contributed by atoms with Crippen molar-refractivity contribution in [2.45, 2.75) is 12.1 Å². The highest BCUT2D eigenvalue weighted by Crippen LogP contribution is 2.26. The molecule has 0 aliphatic rings. The summed E-state index contributed by atoms with van der Waals surface area (Å²) in [6.45, 7) is 1.76. The van der Waals surface area contributed by atoms with Crippen molar-refractivity contribution in [1.29, 1.82) is 0 Å². The van der Waals surface area contributed by atoms with Crippen molar-refractivity contribution < 1.29 is 19.1 Å². The molecule has 26 heavy (non-hydrogen) atoms. The van der Waals surface area contributed by atoms with Gasteiger partial charge in [-0.1, -0.05) is 17.8 Å². The zero-order chi connectivity index (χ0) is 18.5. The number of phenolic OH excluding ortho intramolecular Hbond substituents is 1. The van der Waals surface area contributed by atoms with Crippen LogP contribution in [-0.4, -0.2) is 34.1 Å². The Balaban J connectivity index is 1.58. The summed E-state index contributed by atoms with van der Waals surface area (Å²) in [7, 11) is 1.59. The summed E-state index contributed by atoms with van der Waals surface area (Å²) < 4.78 is 10.7. The van der Waals surface area contributed by atoms with E-state index in [2.05, 4.69) is 15.5 Å². The molecule has 2 aromatic carbocycles. The van der Waals surface area contributed by atoms with Crippen molar-refractivity contribution in [3.05, 3.63) is 48.0 Å². The van der Waals surface area contributed by atoms with Crippen LogP contribution in [0.2, 0.25) is 0 Å². The van der Waals surface area contributed by atoms with Crippen LogP contribution in [0.1, 0.15) is 5.56 Å². The van der Waals surface area contributed by atoms with Gasteiger partial charge in [-0.25, -0.2) is 0 Å². The number of rotatable bonds is 6. The lowest BCUT2D eigenvalue weighted by Crippen LogP contribution is -2.14. The van der Waals surface area contributed by atoms with Crippen molar-refractivity contribution in [3.8, 4) is 23.0 Å². The van der Waals surface area contributed by atoms with E-state index >= 15 is 0 Å². The minimum absolute atomic E-state index is 0.125. The number of nitrogens with one attached hydrogen (secondary N) is 1. The minimum atomic E-state index is -0.207. The second kappa shape index (κ2) is 7.92. The SMILES string of the molecule is COc1cccc(-c2nnc(SCC(=O)Nc3ccc(O)c(C)c3)o2)c1. The largest absolute Gasteiger partial charge is 0.508 e. The van der Waals surface area contributed by atoms with Gasteiger partial charge in [0.1, 0.15) is 11.5 Å². The van der Waals surface area contributed by atoms with Crippen molar-refractivity contribution in [2.75, 3.05) is 18.2 Å². The molecule has 0 spiro atoms. The van der Waals surface area contributed by atoms with Crippen molar-refractivity contribution in [2.24, 2.45) is 0 Å². The Kier molecular flexibility index (Phi) is 5.43. The minimum Gasteiger partial charge on any atom is -0.508 e. The molecular weight excluding hydrogens is 354 g/mol. The molecule has 3 aromatic rings. The van der Waals surface area contributed by atoms with Crippen LogP contribution in [0.15, 0.2) is 52.1 Å². The number of aromatic hydroxyl groups is 1. The first-order valence-corrected chi connectivity index (χ1v) is 8.74. The summed E-state index contributed by atoms with van der Waals surface area (Å²) in [5.41, 5.74) is 2.05. The van der Waals surface area contributed by atoms with Crippen LogP contribution in [0.4, 0.5) is 5.69 Å². The molecule has 134 valence electrons. The Morgan fingerprint density at radius 3 is 2.88 bits per heavy atom. The second-order valence-electron chi connectivity index (χ2n) is 5.44.